The Morgan fingerprint density at radius 2 is 1.76 bits per heavy atom. The van der Waals surface area contributed by atoms with Crippen LogP contribution in [0.5, 0.6) is 5.75 Å². The van der Waals surface area contributed by atoms with Gasteiger partial charge in [0.15, 0.2) is 0 Å². The third kappa shape index (κ3) is 5.05. The van der Waals surface area contributed by atoms with Crippen molar-refractivity contribution < 1.29 is 17.9 Å². The molecule has 7 heteroatoms. The van der Waals surface area contributed by atoms with Crippen LogP contribution in [0.25, 0.3) is 0 Å². The Balaban J connectivity index is 2.43. The summed E-state index contributed by atoms with van der Waals surface area (Å²) < 4.78 is 31.7. The Hall–Kier alpha value is -2.64. The lowest BCUT2D eigenvalue weighted by molar-refractivity contribution is 0.0762. The van der Waals surface area contributed by atoms with Crippen molar-refractivity contribution in [3.05, 3.63) is 71.3 Å². The summed E-state index contributed by atoms with van der Waals surface area (Å²) >= 11 is 0. The van der Waals surface area contributed by atoms with Crippen LogP contribution in [-0.4, -0.2) is 51.3 Å². The van der Waals surface area contributed by atoms with Crippen molar-refractivity contribution in [1.82, 2.24) is 9.21 Å². The summed E-state index contributed by atoms with van der Waals surface area (Å²) in [7, 11) is 0.894. The normalized spacial score (nSPS) is 11.4. The smallest absolute Gasteiger partial charge is 0.254 e. The second-order valence-electron chi connectivity index (χ2n) is 7.03. The largest absolute Gasteiger partial charge is 0.497 e. The summed E-state index contributed by atoms with van der Waals surface area (Å²) in [6, 6.07) is 10.7. The molecule has 0 aliphatic heterocycles. The van der Waals surface area contributed by atoms with Crippen LogP contribution in [0.1, 0.15) is 27.0 Å². The van der Waals surface area contributed by atoms with E-state index in [1.807, 2.05) is 31.2 Å². The lowest BCUT2D eigenvalue weighted by Gasteiger charge is -2.23. The number of carbonyl (C=O) groups is 1. The molecule has 0 aliphatic carbocycles. The van der Waals surface area contributed by atoms with Crippen molar-refractivity contribution in [2.45, 2.75) is 25.3 Å². The first-order valence-corrected chi connectivity index (χ1v) is 10.6. The van der Waals surface area contributed by atoms with E-state index in [4.69, 9.17) is 4.74 Å². The molecule has 0 unspecified atom stereocenters. The molecule has 0 fully saturated rings. The maximum atomic E-state index is 13.2. The fourth-order valence-electron chi connectivity index (χ4n) is 2.92. The Labute approximate surface area is 173 Å². The molecule has 156 valence electrons. The number of amides is 1. The number of sulfonamides is 1. The summed E-state index contributed by atoms with van der Waals surface area (Å²) in [6.45, 7) is 8.01. The molecular weight excluding hydrogens is 388 g/mol. The van der Waals surface area contributed by atoms with E-state index in [-0.39, 0.29) is 10.8 Å². The van der Waals surface area contributed by atoms with Crippen molar-refractivity contribution in [2.75, 3.05) is 27.7 Å². The van der Waals surface area contributed by atoms with Gasteiger partial charge in [-0.15, -0.1) is 6.58 Å². The summed E-state index contributed by atoms with van der Waals surface area (Å²) in [5.41, 5.74) is 2.66. The minimum atomic E-state index is -3.66. The summed E-state index contributed by atoms with van der Waals surface area (Å²) in [5.74, 6) is 0.488. The molecule has 0 aromatic heterocycles. The van der Waals surface area contributed by atoms with Crippen LogP contribution in [-0.2, 0) is 16.6 Å². The highest BCUT2D eigenvalue weighted by Gasteiger charge is 2.24. The number of hydrogen-bond acceptors (Lipinski definition) is 4. The molecule has 29 heavy (non-hydrogen) atoms. The third-order valence-corrected chi connectivity index (χ3v) is 6.74. The van der Waals surface area contributed by atoms with Gasteiger partial charge in [0.1, 0.15) is 5.75 Å². The maximum Gasteiger partial charge on any atom is 0.254 e. The van der Waals surface area contributed by atoms with E-state index in [1.165, 1.54) is 20.2 Å². The Morgan fingerprint density at radius 1 is 1.14 bits per heavy atom. The number of aryl methyl sites for hydroxylation is 1. The van der Waals surface area contributed by atoms with Gasteiger partial charge in [-0.1, -0.05) is 18.2 Å². The SMILES string of the molecule is C=CCN(Cc1ccc(OC)cc1)C(=O)c1cc(C)c(C)c(S(=O)(=O)N(C)C)c1. The molecule has 0 spiro atoms. The first-order valence-electron chi connectivity index (χ1n) is 9.18. The van der Waals surface area contributed by atoms with Crippen molar-refractivity contribution >= 4 is 15.9 Å². The average molecular weight is 417 g/mol. The van der Waals surface area contributed by atoms with Crippen LogP contribution < -0.4 is 4.74 Å². The Morgan fingerprint density at radius 3 is 2.28 bits per heavy atom. The molecule has 0 atom stereocenters. The van der Waals surface area contributed by atoms with Gasteiger partial charge in [-0.25, -0.2) is 12.7 Å². The Bertz CT molecular complexity index is 996. The quantitative estimate of drug-likeness (QED) is 0.619. The zero-order valence-electron chi connectivity index (χ0n) is 17.6. The van der Waals surface area contributed by atoms with Crippen LogP contribution in [0.15, 0.2) is 53.9 Å². The second kappa shape index (κ2) is 9.24. The monoisotopic (exact) mass is 416 g/mol. The van der Waals surface area contributed by atoms with E-state index in [1.54, 1.807) is 31.1 Å². The average Bonchev–Trinajstić information content (AvgIpc) is 2.69. The van der Waals surface area contributed by atoms with E-state index >= 15 is 0 Å². The van der Waals surface area contributed by atoms with Gasteiger partial charge in [-0.2, -0.15) is 0 Å². The highest BCUT2D eigenvalue weighted by atomic mass is 32.2. The molecular formula is C22H28N2O4S. The van der Waals surface area contributed by atoms with E-state index in [0.29, 0.717) is 24.2 Å². The van der Waals surface area contributed by atoms with Crippen molar-refractivity contribution in [2.24, 2.45) is 0 Å². The van der Waals surface area contributed by atoms with Gasteiger partial charge in [0.25, 0.3) is 5.91 Å². The maximum absolute atomic E-state index is 13.2. The van der Waals surface area contributed by atoms with Crippen LogP contribution in [0.2, 0.25) is 0 Å². The minimum absolute atomic E-state index is 0.147. The molecule has 0 saturated carbocycles. The van der Waals surface area contributed by atoms with Gasteiger partial charge in [0, 0.05) is 32.7 Å². The topological polar surface area (TPSA) is 66.9 Å². The van der Waals surface area contributed by atoms with Crippen molar-refractivity contribution in [3.63, 3.8) is 0 Å². The van der Waals surface area contributed by atoms with Gasteiger partial charge in [0.2, 0.25) is 10.0 Å². The first-order chi connectivity index (χ1) is 13.6. The van der Waals surface area contributed by atoms with Crippen LogP contribution >= 0.6 is 0 Å². The van der Waals surface area contributed by atoms with E-state index < -0.39 is 10.0 Å². The van der Waals surface area contributed by atoms with Crippen LogP contribution in [0.3, 0.4) is 0 Å². The predicted molar refractivity (Wildman–Crippen MR) is 115 cm³/mol. The zero-order chi connectivity index (χ0) is 21.8. The number of ether oxygens (including phenoxy) is 1. The molecule has 2 aromatic rings. The van der Waals surface area contributed by atoms with Gasteiger partial charge in [-0.3, -0.25) is 4.79 Å². The number of rotatable bonds is 8. The molecule has 0 heterocycles. The highest BCUT2D eigenvalue weighted by molar-refractivity contribution is 7.89. The lowest BCUT2D eigenvalue weighted by Crippen LogP contribution is -2.31. The van der Waals surface area contributed by atoms with Gasteiger partial charge in [-0.05, 0) is 54.8 Å². The predicted octanol–water partition coefficient (Wildman–Crippen LogP) is 3.39. The fourth-order valence-corrected chi connectivity index (χ4v) is 4.14. The number of benzene rings is 2. The van der Waals surface area contributed by atoms with E-state index in [2.05, 4.69) is 6.58 Å². The third-order valence-electron chi connectivity index (χ3n) is 4.79. The molecule has 0 bridgehead atoms. The minimum Gasteiger partial charge on any atom is -0.497 e. The molecule has 2 aromatic carbocycles. The molecule has 6 nitrogen and oxygen atoms in total. The van der Waals surface area contributed by atoms with Gasteiger partial charge >= 0.3 is 0 Å². The lowest BCUT2D eigenvalue weighted by atomic mass is 10.0. The number of carbonyl (C=O) groups excluding carboxylic acids is 1. The van der Waals surface area contributed by atoms with E-state index in [0.717, 1.165) is 21.2 Å². The zero-order valence-corrected chi connectivity index (χ0v) is 18.4. The molecule has 0 radical (unpaired) electrons. The van der Waals surface area contributed by atoms with Gasteiger partial charge in [0.05, 0.1) is 12.0 Å². The molecule has 1 amide bonds. The summed E-state index contributed by atoms with van der Waals surface area (Å²) in [6.07, 6.45) is 1.65. The van der Waals surface area contributed by atoms with Gasteiger partial charge < -0.3 is 9.64 Å². The second-order valence-corrected chi connectivity index (χ2v) is 9.15. The summed E-state index contributed by atoms with van der Waals surface area (Å²) in [5, 5.41) is 0. The summed E-state index contributed by atoms with van der Waals surface area (Å²) in [4.78, 5) is 15.0. The number of methoxy groups -OCH3 is 1. The molecule has 2 rings (SSSR count). The molecule has 0 saturated heterocycles. The first kappa shape index (κ1) is 22.6. The highest BCUT2D eigenvalue weighted by Crippen LogP contribution is 2.24. The van der Waals surface area contributed by atoms with Crippen LogP contribution in [0.4, 0.5) is 0 Å². The van der Waals surface area contributed by atoms with Crippen molar-refractivity contribution in [3.8, 4) is 5.75 Å². The number of hydrogen-bond donors (Lipinski definition) is 0. The molecule has 0 aliphatic rings. The van der Waals surface area contributed by atoms with E-state index in [9.17, 15) is 13.2 Å². The molecule has 0 N–H and O–H groups in total. The Kier molecular flexibility index (Phi) is 7.21. The standard InChI is InChI=1S/C22H28N2O4S/c1-7-12-24(15-18-8-10-20(28-6)11-9-18)22(25)19-13-16(2)17(3)21(14-19)29(26,27)23(4)5/h7-11,13-14H,1,12,15H2,2-6H3. The fraction of sp³-hybridized carbons (Fsp3) is 0.318. The van der Waals surface area contributed by atoms with Crippen molar-refractivity contribution in [1.29, 1.82) is 0 Å². The van der Waals surface area contributed by atoms with Crippen LogP contribution in [0, 0.1) is 13.8 Å². The number of nitrogens with zero attached hydrogens (tertiary/aromatic N) is 2.